The number of nitrogens with two attached hydrogens (primary N) is 1. The number of alkyl halides is 3. The standard InChI is InChI=1S/C20H19F3N6O2/c1-10(2)30-16-4-3-13(8-14(16)20(21,22)23)25-9-12-7-17-11(5-15(12)24)6-18(31-17)19-26-28-29-27-19/h3-8,10,25H,9,24H2,1-2H3,(H,26,27,28,29). The van der Waals surface area contributed by atoms with Gasteiger partial charge in [-0.3, -0.25) is 0 Å². The number of nitrogens with zero attached hydrogens (tertiary/aromatic N) is 3. The van der Waals surface area contributed by atoms with E-state index in [2.05, 4.69) is 25.9 Å². The summed E-state index contributed by atoms with van der Waals surface area (Å²) in [5, 5.41) is 17.2. The molecule has 8 nitrogen and oxygen atoms in total. The quantitative estimate of drug-likeness (QED) is 0.381. The second-order valence-electron chi connectivity index (χ2n) is 7.18. The molecule has 2 aromatic heterocycles. The van der Waals surface area contributed by atoms with Crippen molar-refractivity contribution >= 4 is 22.3 Å². The van der Waals surface area contributed by atoms with Gasteiger partial charge in [-0.2, -0.15) is 13.2 Å². The number of furan rings is 1. The van der Waals surface area contributed by atoms with Gasteiger partial charge in [0.1, 0.15) is 11.3 Å². The van der Waals surface area contributed by atoms with Gasteiger partial charge >= 0.3 is 6.18 Å². The fourth-order valence-electron chi connectivity index (χ4n) is 3.10. The Kier molecular flexibility index (Phi) is 5.17. The van der Waals surface area contributed by atoms with E-state index in [1.165, 1.54) is 12.1 Å². The number of ether oxygens (including phenoxy) is 1. The van der Waals surface area contributed by atoms with Crippen LogP contribution in [-0.4, -0.2) is 26.7 Å². The Bertz CT molecular complexity index is 1200. The van der Waals surface area contributed by atoms with Crippen molar-refractivity contribution in [2.45, 2.75) is 32.7 Å². The largest absolute Gasteiger partial charge is 0.490 e. The molecule has 0 aliphatic carbocycles. The molecule has 4 aromatic rings. The average Bonchev–Trinajstić information content (AvgIpc) is 3.35. The van der Waals surface area contributed by atoms with Crippen LogP contribution in [0.1, 0.15) is 25.0 Å². The molecule has 162 valence electrons. The molecule has 0 aliphatic heterocycles. The first-order valence-electron chi connectivity index (χ1n) is 9.38. The van der Waals surface area contributed by atoms with E-state index < -0.39 is 11.7 Å². The van der Waals surface area contributed by atoms with E-state index in [1.54, 1.807) is 32.0 Å². The number of hydrogen-bond donors (Lipinski definition) is 3. The molecule has 0 saturated carbocycles. The number of nitrogen functional groups attached to an aromatic ring is 1. The molecule has 0 fully saturated rings. The molecule has 0 bridgehead atoms. The van der Waals surface area contributed by atoms with Crippen LogP contribution >= 0.6 is 0 Å². The fraction of sp³-hybridized carbons (Fsp3) is 0.250. The summed E-state index contributed by atoms with van der Waals surface area (Å²) < 4.78 is 51.4. The van der Waals surface area contributed by atoms with Crippen LogP contribution in [0.5, 0.6) is 5.75 Å². The molecular weight excluding hydrogens is 413 g/mol. The summed E-state index contributed by atoms with van der Waals surface area (Å²) in [6.07, 6.45) is -4.92. The van der Waals surface area contributed by atoms with Gasteiger partial charge < -0.3 is 20.2 Å². The van der Waals surface area contributed by atoms with Crippen molar-refractivity contribution < 1.29 is 22.3 Å². The van der Waals surface area contributed by atoms with Crippen molar-refractivity contribution in [2.75, 3.05) is 11.1 Å². The Hall–Kier alpha value is -3.76. The summed E-state index contributed by atoms with van der Waals surface area (Å²) in [5.74, 6) is 0.608. The van der Waals surface area contributed by atoms with E-state index in [0.29, 0.717) is 28.4 Å². The molecule has 0 radical (unpaired) electrons. The Morgan fingerprint density at radius 3 is 2.68 bits per heavy atom. The summed E-state index contributed by atoms with van der Waals surface area (Å²) in [6.45, 7) is 3.54. The highest BCUT2D eigenvalue weighted by molar-refractivity contribution is 5.86. The second-order valence-corrected chi connectivity index (χ2v) is 7.18. The van der Waals surface area contributed by atoms with Gasteiger partial charge in [0.05, 0.1) is 11.7 Å². The highest BCUT2D eigenvalue weighted by atomic mass is 19.4. The molecule has 0 unspecified atom stereocenters. The summed E-state index contributed by atoms with van der Waals surface area (Å²) in [5.41, 5.74) is 7.26. The van der Waals surface area contributed by atoms with Crippen molar-refractivity contribution in [1.29, 1.82) is 0 Å². The maximum absolute atomic E-state index is 13.4. The number of rotatable bonds is 6. The van der Waals surface area contributed by atoms with Crippen LogP contribution in [0.4, 0.5) is 24.5 Å². The zero-order chi connectivity index (χ0) is 22.2. The van der Waals surface area contributed by atoms with Gasteiger partial charge in [0, 0.05) is 23.3 Å². The summed E-state index contributed by atoms with van der Waals surface area (Å²) >= 11 is 0. The van der Waals surface area contributed by atoms with E-state index in [4.69, 9.17) is 14.9 Å². The third-order valence-electron chi connectivity index (χ3n) is 4.49. The molecule has 0 aliphatic rings. The van der Waals surface area contributed by atoms with Crippen molar-refractivity contribution in [1.82, 2.24) is 20.6 Å². The van der Waals surface area contributed by atoms with Crippen molar-refractivity contribution in [3.63, 3.8) is 0 Å². The molecule has 2 aromatic carbocycles. The van der Waals surface area contributed by atoms with Crippen LogP contribution in [0, 0.1) is 0 Å². The van der Waals surface area contributed by atoms with E-state index in [-0.39, 0.29) is 24.1 Å². The van der Waals surface area contributed by atoms with Crippen LogP contribution in [0.15, 0.2) is 40.8 Å². The molecular formula is C20H19F3N6O2. The first kappa shape index (κ1) is 20.5. The van der Waals surface area contributed by atoms with E-state index in [9.17, 15) is 13.2 Å². The lowest BCUT2D eigenvalue weighted by Crippen LogP contribution is -2.13. The van der Waals surface area contributed by atoms with Crippen LogP contribution in [0.25, 0.3) is 22.6 Å². The minimum atomic E-state index is -4.54. The molecule has 4 rings (SSSR count). The minimum Gasteiger partial charge on any atom is -0.490 e. The van der Waals surface area contributed by atoms with Crippen LogP contribution in [0.3, 0.4) is 0 Å². The summed E-state index contributed by atoms with van der Waals surface area (Å²) in [6, 6.07) is 9.06. The van der Waals surface area contributed by atoms with Gasteiger partial charge in [-0.05, 0) is 66.2 Å². The highest BCUT2D eigenvalue weighted by Crippen LogP contribution is 2.38. The lowest BCUT2D eigenvalue weighted by Gasteiger charge is -2.18. The first-order valence-corrected chi connectivity index (χ1v) is 9.38. The zero-order valence-electron chi connectivity index (χ0n) is 16.6. The normalized spacial score (nSPS) is 11.9. The zero-order valence-corrected chi connectivity index (χ0v) is 16.6. The molecule has 0 saturated heterocycles. The maximum atomic E-state index is 13.4. The molecule has 4 N–H and O–H groups in total. The predicted octanol–water partition coefficient (Wildman–Crippen LogP) is 4.61. The summed E-state index contributed by atoms with van der Waals surface area (Å²) in [7, 11) is 0. The predicted molar refractivity (Wildman–Crippen MR) is 108 cm³/mol. The molecule has 11 heteroatoms. The number of benzene rings is 2. The first-order chi connectivity index (χ1) is 14.7. The maximum Gasteiger partial charge on any atom is 0.420 e. The molecule has 31 heavy (non-hydrogen) atoms. The number of aromatic amines is 1. The Balaban J connectivity index is 1.58. The van der Waals surface area contributed by atoms with Crippen molar-refractivity contribution in [3.05, 3.63) is 47.5 Å². The van der Waals surface area contributed by atoms with Gasteiger partial charge in [-0.25, -0.2) is 5.10 Å². The van der Waals surface area contributed by atoms with Gasteiger partial charge in [0.2, 0.25) is 5.82 Å². The molecule has 0 spiro atoms. The number of nitrogens with one attached hydrogen (secondary N) is 2. The Morgan fingerprint density at radius 1 is 1.19 bits per heavy atom. The van der Waals surface area contributed by atoms with Crippen LogP contribution < -0.4 is 15.8 Å². The van der Waals surface area contributed by atoms with E-state index >= 15 is 0 Å². The second kappa shape index (κ2) is 7.82. The van der Waals surface area contributed by atoms with Crippen molar-refractivity contribution in [3.8, 4) is 17.3 Å². The lowest BCUT2D eigenvalue weighted by atomic mass is 10.1. The third-order valence-corrected chi connectivity index (χ3v) is 4.49. The van der Waals surface area contributed by atoms with Gasteiger partial charge in [-0.15, -0.1) is 5.10 Å². The number of hydrogen-bond acceptors (Lipinski definition) is 7. The fourth-order valence-corrected chi connectivity index (χ4v) is 3.10. The average molecular weight is 432 g/mol. The van der Waals surface area contributed by atoms with Crippen molar-refractivity contribution in [2.24, 2.45) is 0 Å². The number of tetrazole rings is 1. The monoisotopic (exact) mass is 432 g/mol. The van der Waals surface area contributed by atoms with Crippen LogP contribution in [0.2, 0.25) is 0 Å². The van der Waals surface area contributed by atoms with Gasteiger partial charge in [0.25, 0.3) is 0 Å². The number of aromatic nitrogens is 4. The Labute approximate surface area is 174 Å². The third kappa shape index (κ3) is 4.39. The number of H-pyrrole nitrogens is 1. The van der Waals surface area contributed by atoms with Gasteiger partial charge in [0.15, 0.2) is 5.76 Å². The SMILES string of the molecule is CC(C)Oc1ccc(NCc2cc3oc(-c4nnn[nH]4)cc3cc2N)cc1C(F)(F)F. The molecule has 0 amide bonds. The number of halogens is 3. The molecule has 2 heterocycles. The Morgan fingerprint density at radius 2 is 2.00 bits per heavy atom. The highest BCUT2D eigenvalue weighted by Gasteiger charge is 2.35. The number of fused-ring (bicyclic) bond motifs is 1. The van der Waals surface area contributed by atoms with E-state index in [1.807, 2.05) is 0 Å². The molecule has 0 atom stereocenters. The topological polar surface area (TPSA) is 115 Å². The summed E-state index contributed by atoms with van der Waals surface area (Å²) in [4.78, 5) is 0. The van der Waals surface area contributed by atoms with Crippen LogP contribution in [-0.2, 0) is 12.7 Å². The minimum absolute atomic E-state index is 0.198. The van der Waals surface area contributed by atoms with E-state index in [0.717, 1.165) is 11.5 Å². The smallest absolute Gasteiger partial charge is 0.420 e. The van der Waals surface area contributed by atoms with Gasteiger partial charge in [-0.1, -0.05) is 0 Å². The lowest BCUT2D eigenvalue weighted by molar-refractivity contribution is -0.139. The number of anilines is 2.